The molecule has 12 heteroatoms. The Balaban J connectivity index is 0.000000751. The Labute approximate surface area is 231 Å². The molecule has 1 aliphatic heterocycles. The van der Waals surface area contributed by atoms with E-state index in [9.17, 15) is 29.4 Å². The molecule has 0 aromatic heterocycles. The molecule has 0 aromatic carbocycles. The monoisotopic (exact) mass is 564 g/mol. The van der Waals surface area contributed by atoms with Crippen LogP contribution < -0.4 is 0 Å². The summed E-state index contributed by atoms with van der Waals surface area (Å²) >= 11 is 0. The van der Waals surface area contributed by atoms with Gasteiger partial charge in [-0.3, -0.25) is 19.2 Å². The number of carbonyl (C=O) groups is 4. The maximum absolute atomic E-state index is 11.9. The second-order valence-corrected chi connectivity index (χ2v) is 11.8. The van der Waals surface area contributed by atoms with Crippen molar-refractivity contribution >= 4 is 23.9 Å². The van der Waals surface area contributed by atoms with E-state index >= 15 is 0 Å². The Morgan fingerprint density at radius 3 is 1.79 bits per heavy atom. The number of ether oxygens (including phenoxy) is 6. The summed E-state index contributed by atoms with van der Waals surface area (Å²) in [7, 11) is 0. The van der Waals surface area contributed by atoms with Gasteiger partial charge < -0.3 is 38.6 Å². The second kappa shape index (κ2) is 16.1. The molecule has 0 bridgehead atoms. The molecule has 0 spiro atoms. The molecule has 1 aliphatic rings. The van der Waals surface area contributed by atoms with Crippen molar-refractivity contribution in [3.63, 3.8) is 0 Å². The predicted molar refractivity (Wildman–Crippen MR) is 139 cm³/mol. The minimum Gasteiger partial charge on any atom is -0.463 e. The van der Waals surface area contributed by atoms with Gasteiger partial charge in [-0.2, -0.15) is 0 Å². The zero-order valence-electron chi connectivity index (χ0n) is 25.0. The molecule has 1 saturated heterocycles. The summed E-state index contributed by atoms with van der Waals surface area (Å²) in [4.78, 5) is 44.6. The normalized spacial score (nSPS) is 20.4. The third kappa shape index (κ3) is 21.2. The summed E-state index contributed by atoms with van der Waals surface area (Å²) in [5, 5.41) is 19.0. The Morgan fingerprint density at radius 2 is 1.31 bits per heavy atom. The van der Waals surface area contributed by atoms with Crippen LogP contribution in [0.4, 0.5) is 0 Å². The summed E-state index contributed by atoms with van der Waals surface area (Å²) in [5.74, 6) is -2.52. The fourth-order valence-electron chi connectivity index (χ4n) is 3.48. The highest BCUT2D eigenvalue weighted by molar-refractivity contribution is 5.71. The van der Waals surface area contributed by atoms with Crippen molar-refractivity contribution in [2.45, 2.75) is 136 Å². The average Bonchev–Trinajstić information content (AvgIpc) is 2.66. The first kappa shape index (κ1) is 36.7. The number of hydrogen-bond acceptors (Lipinski definition) is 12. The molecule has 0 saturated carbocycles. The highest BCUT2D eigenvalue weighted by Gasteiger charge is 2.37. The summed E-state index contributed by atoms with van der Waals surface area (Å²) in [6.45, 7) is 16.7. The maximum atomic E-state index is 11.9. The van der Waals surface area contributed by atoms with Gasteiger partial charge in [-0.1, -0.05) is 0 Å². The van der Waals surface area contributed by atoms with Gasteiger partial charge in [0, 0.05) is 26.7 Å². The number of carbonyl (C=O) groups excluding carboxylic acids is 4. The van der Waals surface area contributed by atoms with Crippen LogP contribution in [0, 0.1) is 0 Å². The second-order valence-electron chi connectivity index (χ2n) is 11.8. The predicted octanol–water partition coefficient (Wildman–Crippen LogP) is 2.58. The first-order valence-corrected chi connectivity index (χ1v) is 13.0. The molecule has 39 heavy (non-hydrogen) atoms. The first-order chi connectivity index (χ1) is 17.6. The van der Waals surface area contributed by atoms with E-state index in [0.29, 0.717) is 6.42 Å². The van der Waals surface area contributed by atoms with Gasteiger partial charge in [0.1, 0.15) is 24.4 Å². The molecule has 0 aliphatic carbocycles. The van der Waals surface area contributed by atoms with E-state index < -0.39 is 41.1 Å². The molecule has 0 unspecified atom stereocenters. The van der Waals surface area contributed by atoms with Gasteiger partial charge in [-0.05, 0) is 55.4 Å². The van der Waals surface area contributed by atoms with Crippen LogP contribution in [-0.2, 0) is 47.6 Å². The van der Waals surface area contributed by atoms with E-state index in [0.717, 1.165) is 0 Å². The molecule has 12 nitrogen and oxygen atoms in total. The minimum atomic E-state index is -1.02. The van der Waals surface area contributed by atoms with Crippen molar-refractivity contribution in [2.75, 3.05) is 13.2 Å². The quantitative estimate of drug-likeness (QED) is 0.295. The SMILES string of the molecule is CC(=O)OC[C@@H](O)C[C@@H](O)CC(=O)OC(C)(C)C.CC(=O)OC[C@@H]1C[C@H](CC(=O)OC(C)(C)C)OC(C)(C)O1. The number of rotatable bonds is 10. The molecule has 1 heterocycles. The number of esters is 4. The van der Waals surface area contributed by atoms with Gasteiger partial charge in [-0.25, -0.2) is 0 Å². The highest BCUT2D eigenvalue weighted by Crippen LogP contribution is 2.29. The molecule has 228 valence electrons. The van der Waals surface area contributed by atoms with Gasteiger partial charge >= 0.3 is 23.9 Å². The van der Waals surface area contributed by atoms with Gasteiger partial charge in [0.15, 0.2) is 5.79 Å². The molecule has 2 N–H and O–H groups in total. The lowest BCUT2D eigenvalue weighted by molar-refractivity contribution is -0.304. The molecule has 0 aromatic rings. The lowest BCUT2D eigenvalue weighted by Crippen LogP contribution is -2.47. The van der Waals surface area contributed by atoms with Crippen LogP contribution in [0.1, 0.15) is 94.9 Å². The first-order valence-electron chi connectivity index (χ1n) is 13.0. The van der Waals surface area contributed by atoms with Gasteiger partial charge in [0.05, 0.1) is 37.3 Å². The summed E-state index contributed by atoms with van der Waals surface area (Å²) in [6, 6.07) is 0. The van der Waals surface area contributed by atoms with Crippen LogP contribution in [0.2, 0.25) is 0 Å². The van der Waals surface area contributed by atoms with Crippen molar-refractivity contribution < 1.29 is 57.8 Å². The standard InChI is InChI=1S/C15H26O6.C12H22O6/c1-10(16)18-9-12-7-11(19-15(5,6)20-12)8-13(17)21-14(2,3)4;1-8(13)17-7-10(15)5-9(14)6-11(16)18-12(2,3)4/h11-12H,7-9H2,1-6H3;9-10,14-15H,5-7H2,1-4H3/t11-,12+;9-,10+/m11/s1. The number of aliphatic hydroxyl groups is 2. The van der Waals surface area contributed by atoms with Crippen LogP contribution in [0.3, 0.4) is 0 Å². The Morgan fingerprint density at radius 1 is 0.821 bits per heavy atom. The van der Waals surface area contributed by atoms with Gasteiger partial charge in [0.2, 0.25) is 0 Å². The fraction of sp³-hybridized carbons (Fsp3) is 0.852. The average molecular weight is 565 g/mol. The van der Waals surface area contributed by atoms with Crippen LogP contribution in [0.25, 0.3) is 0 Å². The van der Waals surface area contributed by atoms with Crippen molar-refractivity contribution in [2.24, 2.45) is 0 Å². The fourth-order valence-corrected chi connectivity index (χ4v) is 3.48. The molecule has 0 radical (unpaired) electrons. The Bertz CT molecular complexity index is 794. The maximum Gasteiger partial charge on any atom is 0.308 e. The largest absolute Gasteiger partial charge is 0.463 e. The highest BCUT2D eigenvalue weighted by atomic mass is 16.7. The molecule has 1 rings (SSSR count). The number of hydrogen-bond donors (Lipinski definition) is 2. The molecule has 1 fully saturated rings. The minimum absolute atomic E-state index is 0.0491. The number of aliphatic hydroxyl groups excluding tert-OH is 2. The van der Waals surface area contributed by atoms with Crippen molar-refractivity contribution in [3.8, 4) is 0 Å². The van der Waals surface area contributed by atoms with Crippen LogP contribution in [0.5, 0.6) is 0 Å². The van der Waals surface area contributed by atoms with E-state index in [-0.39, 0.29) is 56.6 Å². The summed E-state index contributed by atoms with van der Waals surface area (Å²) in [6.07, 6.45) is -2.23. The topological polar surface area (TPSA) is 164 Å². The van der Waals surface area contributed by atoms with E-state index in [4.69, 9.17) is 23.7 Å². The Kier molecular flexibility index (Phi) is 15.2. The van der Waals surface area contributed by atoms with Crippen LogP contribution in [-0.4, -0.2) is 88.7 Å². The van der Waals surface area contributed by atoms with Crippen molar-refractivity contribution in [1.82, 2.24) is 0 Å². The van der Waals surface area contributed by atoms with E-state index in [1.165, 1.54) is 13.8 Å². The third-order valence-corrected chi connectivity index (χ3v) is 4.56. The smallest absolute Gasteiger partial charge is 0.308 e. The molecular formula is C27H48O12. The molecular weight excluding hydrogens is 516 g/mol. The third-order valence-electron chi connectivity index (χ3n) is 4.56. The summed E-state index contributed by atoms with van der Waals surface area (Å²) < 4.78 is 31.3. The van der Waals surface area contributed by atoms with Gasteiger partial charge in [0.25, 0.3) is 0 Å². The van der Waals surface area contributed by atoms with Crippen LogP contribution in [0.15, 0.2) is 0 Å². The lowest BCUT2D eigenvalue weighted by Gasteiger charge is -2.40. The van der Waals surface area contributed by atoms with E-state index in [1.807, 2.05) is 20.8 Å². The zero-order valence-corrected chi connectivity index (χ0v) is 25.0. The lowest BCUT2D eigenvalue weighted by atomic mass is 10.1. The van der Waals surface area contributed by atoms with E-state index in [2.05, 4.69) is 4.74 Å². The Hall–Kier alpha value is -2.28. The van der Waals surface area contributed by atoms with E-state index in [1.54, 1.807) is 34.6 Å². The van der Waals surface area contributed by atoms with Gasteiger partial charge in [-0.15, -0.1) is 0 Å². The molecule has 4 atom stereocenters. The molecule has 0 amide bonds. The van der Waals surface area contributed by atoms with Crippen LogP contribution >= 0.6 is 0 Å². The summed E-state index contributed by atoms with van der Waals surface area (Å²) in [5.41, 5.74) is -1.12. The zero-order chi connectivity index (χ0) is 30.6. The van der Waals surface area contributed by atoms with Crippen molar-refractivity contribution in [1.29, 1.82) is 0 Å². The van der Waals surface area contributed by atoms with Crippen molar-refractivity contribution in [3.05, 3.63) is 0 Å².